The second kappa shape index (κ2) is 8.81. The lowest BCUT2D eigenvalue weighted by Gasteiger charge is -2.35. The van der Waals surface area contributed by atoms with Crippen molar-refractivity contribution in [2.45, 2.75) is 51.2 Å². The molecule has 158 valence electrons. The van der Waals surface area contributed by atoms with E-state index in [2.05, 4.69) is 38.0 Å². The zero-order valence-electron chi connectivity index (χ0n) is 17.6. The van der Waals surface area contributed by atoms with Crippen molar-refractivity contribution in [3.8, 4) is 0 Å². The van der Waals surface area contributed by atoms with Crippen LogP contribution in [0.5, 0.6) is 0 Å². The number of ether oxygens (including phenoxy) is 1. The van der Waals surface area contributed by atoms with Crippen LogP contribution in [0.4, 0.5) is 0 Å². The molecule has 0 unspecified atom stereocenters. The van der Waals surface area contributed by atoms with Gasteiger partial charge in [-0.05, 0) is 50.3 Å². The van der Waals surface area contributed by atoms with Gasteiger partial charge in [-0.1, -0.05) is 6.07 Å². The van der Waals surface area contributed by atoms with Crippen molar-refractivity contribution in [3.05, 3.63) is 29.6 Å². The molecule has 1 aromatic carbocycles. The molecular formula is C22H33N5O2. The highest BCUT2D eigenvalue weighted by molar-refractivity contribution is 5.80. The number of hydrogen-bond donors (Lipinski definition) is 2. The molecule has 7 nitrogen and oxygen atoms in total. The smallest absolute Gasteiger partial charge is 0.224 e. The molecule has 2 aromatic rings. The Hall–Kier alpha value is -1.96. The molecule has 0 bridgehead atoms. The lowest BCUT2D eigenvalue weighted by molar-refractivity contribution is -0.126. The normalized spacial score (nSPS) is 24.5. The predicted octanol–water partition coefficient (Wildman–Crippen LogP) is 1.72. The fraction of sp³-hybridized carbons (Fsp3) is 0.636. The summed E-state index contributed by atoms with van der Waals surface area (Å²) in [7, 11) is 2.02. The number of aryl methyl sites for hydroxylation is 2. The molecule has 4 rings (SSSR count). The molecule has 0 spiro atoms. The van der Waals surface area contributed by atoms with Crippen molar-refractivity contribution >= 4 is 16.9 Å². The summed E-state index contributed by atoms with van der Waals surface area (Å²) in [5, 5.41) is 3.16. The fourth-order valence-electron chi connectivity index (χ4n) is 4.63. The number of nitrogens with two attached hydrogens (primary N) is 1. The third-order valence-electron chi connectivity index (χ3n) is 6.52. The number of imidazole rings is 1. The summed E-state index contributed by atoms with van der Waals surface area (Å²) in [6.45, 7) is 5.82. The van der Waals surface area contributed by atoms with E-state index in [0.29, 0.717) is 12.6 Å². The van der Waals surface area contributed by atoms with Gasteiger partial charge in [-0.25, -0.2) is 4.98 Å². The predicted molar refractivity (Wildman–Crippen MR) is 113 cm³/mol. The second-order valence-corrected chi connectivity index (χ2v) is 8.59. The molecule has 2 fully saturated rings. The number of nitrogens with one attached hydrogen (secondary N) is 1. The maximum absolute atomic E-state index is 13.0. The lowest BCUT2D eigenvalue weighted by Crippen LogP contribution is -2.47. The first kappa shape index (κ1) is 20.3. The molecule has 1 amide bonds. The van der Waals surface area contributed by atoms with Gasteiger partial charge in [0.05, 0.1) is 17.0 Å². The third-order valence-corrected chi connectivity index (χ3v) is 6.52. The Morgan fingerprint density at radius 2 is 2.03 bits per heavy atom. The number of amides is 1. The van der Waals surface area contributed by atoms with Crippen LogP contribution in [0.1, 0.15) is 37.1 Å². The molecule has 2 aliphatic rings. The first-order valence-corrected chi connectivity index (χ1v) is 10.8. The molecular weight excluding hydrogens is 366 g/mol. The van der Waals surface area contributed by atoms with Crippen molar-refractivity contribution in [3.63, 3.8) is 0 Å². The Morgan fingerprint density at radius 1 is 1.24 bits per heavy atom. The van der Waals surface area contributed by atoms with Gasteiger partial charge < -0.3 is 20.4 Å². The summed E-state index contributed by atoms with van der Waals surface area (Å²) in [5.41, 5.74) is 9.48. The Labute approximate surface area is 172 Å². The van der Waals surface area contributed by atoms with Crippen LogP contribution in [0.25, 0.3) is 11.0 Å². The van der Waals surface area contributed by atoms with Crippen LogP contribution in [0.3, 0.4) is 0 Å². The van der Waals surface area contributed by atoms with Gasteiger partial charge in [0.25, 0.3) is 0 Å². The minimum Gasteiger partial charge on any atom is -0.381 e. The SMILES string of the molecule is Cc1nc2cc(CNC(=O)[C@@H]3CC[C@H](N)CN(C4CCOCC4)C3)ccc2n1C. The van der Waals surface area contributed by atoms with Crippen molar-refractivity contribution in [2.24, 2.45) is 18.7 Å². The van der Waals surface area contributed by atoms with Crippen LogP contribution in [-0.4, -0.2) is 58.7 Å². The number of carbonyl (C=O) groups excluding carboxylic acids is 1. The van der Waals surface area contributed by atoms with Gasteiger partial charge in [0, 0.05) is 52.0 Å². The van der Waals surface area contributed by atoms with E-state index >= 15 is 0 Å². The molecule has 1 aromatic heterocycles. The maximum atomic E-state index is 13.0. The van der Waals surface area contributed by atoms with E-state index in [0.717, 1.165) is 74.4 Å². The first-order chi connectivity index (χ1) is 14.0. The summed E-state index contributed by atoms with van der Waals surface area (Å²) in [4.78, 5) is 20.0. The average molecular weight is 400 g/mol. The van der Waals surface area contributed by atoms with Crippen LogP contribution in [0.2, 0.25) is 0 Å². The monoisotopic (exact) mass is 399 g/mol. The topological polar surface area (TPSA) is 85.4 Å². The van der Waals surface area contributed by atoms with Gasteiger partial charge in [0.1, 0.15) is 5.82 Å². The molecule has 0 radical (unpaired) electrons. The Bertz CT molecular complexity index is 858. The van der Waals surface area contributed by atoms with Crippen LogP contribution in [-0.2, 0) is 23.1 Å². The molecule has 7 heteroatoms. The standard InChI is InChI=1S/C22H33N5O2/c1-15-25-20-11-16(3-6-21(20)26(15)2)12-24-22(28)17-4-5-18(23)14-27(13-17)19-7-9-29-10-8-19/h3,6,11,17-19H,4-5,7-10,12-14,23H2,1-2H3,(H,24,28)/t17-,18+/m1/s1. The van der Waals surface area contributed by atoms with Gasteiger partial charge in [-0.2, -0.15) is 0 Å². The molecule has 2 aliphatic heterocycles. The van der Waals surface area contributed by atoms with E-state index in [1.54, 1.807) is 0 Å². The number of fused-ring (bicyclic) bond motifs is 1. The van der Waals surface area contributed by atoms with E-state index in [-0.39, 0.29) is 17.9 Å². The third kappa shape index (κ3) is 4.63. The van der Waals surface area contributed by atoms with E-state index in [1.165, 1.54) is 0 Å². The first-order valence-electron chi connectivity index (χ1n) is 10.8. The fourth-order valence-corrected chi connectivity index (χ4v) is 4.63. The summed E-state index contributed by atoms with van der Waals surface area (Å²) in [5.74, 6) is 1.12. The summed E-state index contributed by atoms with van der Waals surface area (Å²) < 4.78 is 7.59. The van der Waals surface area contributed by atoms with Gasteiger partial charge in [-0.15, -0.1) is 0 Å². The van der Waals surface area contributed by atoms with Crippen molar-refractivity contribution in [2.75, 3.05) is 26.3 Å². The average Bonchev–Trinajstić information content (AvgIpc) is 2.89. The zero-order valence-corrected chi connectivity index (χ0v) is 17.6. The highest BCUT2D eigenvalue weighted by Gasteiger charge is 2.31. The zero-order chi connectivity index (χ0) is 20.4. The molecule has 29 heavy (non-hydrogen) atoms. The van der Waals surface area contributed by atoms with Crippen LogP contribution < -0.4 is 11.1 Å². The van der Waals surface area contributed by atoms with Gasteiger partial charge >= 0.3 is 0 Å². The number of benzene rings is 1. The van der Waals surface area contributed by atoms with Crippen molar-refractivity contribution < 1.29 is 9.53 Å². The Kier molecular flexibility index (Phi) is 6.18. The van der Waals surface area contributed by atoms with Crippen LogP contribution in [0, 0.1) is 12.8 Å². The lowest BCUT2D eigenvalue weighted by atomic mass is 10.00. The van der Waals surface area contributed by atoms with Crippen molar-refractivity contribution in [1.29, 1.82) is 0 Å². The molecule has 2 saturated heterocycles. The number of likely N-dealkylation sites (tertiary alicyclic amines) is 1. The second-order valence-electron chi connectivity index (χ2n) is 8.59. The summed E-state index contributed by atoms with van der Waals surface area (Å²) in [6.07, 6.45) is 3.82. The Morgan fingerprint density at radius 3 is 2.83 bits per heavy atom. The number of nitrogens with zero attached hydrogens (tertiary/aromatic N) is 3. The van der Waals surface area contributed by atoms with E-state index < -0.39 is 0 Å². The maximum Gasteiger partial charge on any atom is 0.224 e. The van der Waals surface area contributed by atoms with E-state index in [9.17, 15) is 4.79 Å². The number of hydrogen-bond acceptors (Lipinski definition) is 5. The molecule has 0 aliphatic carbocycles. The van der Waals surface area contributed by atoms with Crippen molar-refractivity contribution in [1.82, 2.24) is 19.8 Å². The molecule has 0 saturated carbocycles. The van der Waals surface area contributed by atoms with E-state index in [1.807, 2.05) is 14.0 Å². The largest absolute Gasteiger partial charge is 0.381 e. The molecule has 2 atom stereocenters. The number of carbonyl (C=O) groups is 1. The van der Waals surface area contributed by atoms with Gasteiger partial charge in [0.2, 0.25) is 5.91 Å². The summed E-state index contributed by atoms with van der Waals surface area (Å²) >= 11 is 0. The Balaban J connectivity index is 1.39. The highest BCUT2D eigenvalue weighted by Crippen LogP contribution is 2.23. The minimum atomic E-state index is -0.00720. The van der Waals surface area contributed by atoms with Gasteiger partial charge in [0.15, 0.2) is 0 Å². The van der Waals surface area contributed by atoms with Crippen LogP contribution >= 0.6 is 0 Å². The number of rotatable bonds is 4. The number of aromatic nitrogens is 2. The summed E-state index contributed by atoms with van der Waals surface area (Å²) in [6, 6.07) is 6.85. The van der Waals surface area contributed by atoms with E-state index in [4.69, 9.17) is 10.5 Å². The van der Waals surface area contributed by atoms with Gasteiger partial charge in [-0.3, -0.25) is 9.69 Å². The quantitative estimate of drug-likeness (QED) is 0.818. The highest BCUT2D eigenvalue weighted by atomic mass is 16.5. The molecule has 3 heterocycles. The molecule has 3 N–H and O–H groups in total. The minimum absolute atomic E-state index is 0.00720. The van der Waals surface area contributed by atoms with Crippen LogP contribution in [0.15, 0.2) is 18.2 Å².